The topological polar surface area (TPSA) is 88.3 Å². The molecule has 2 aromatic heterocycles. The minimum atomic E-state index is -0.294. The van der Waals surface area contributed by atoms with Crippen LogP contribution in [0.3, 0.4) is 0 Å². The van der Waals surface area contributed by atoms with Crippen LogP contribution in [0.4, 0.5) is 5.69 Å². The highest BCUT2D eigenvalue weighted by Gasteiger charge is 2.29. The molecule has 186 valence electrons. The van der Waals surface area contributed by atoms with E-state index in [1.54, 1.807) is 18.3 Å². The van der Waals surface area contributed by atoms with E-state index >= 15 is 0 Å². The monoisotopic (exact) mass is 510 g/mol. The van der Waals surface area contributed by atoms with Gasteiger partial charge in [-0.25, -0.2) is 0 Å². The summed E-state index contributed by atoms with van der Waals surface area (Å²) in [6, 6.07) is 16.5. The normalized spacial score (nSPS) is 15.6. The third-order valence-electron chi connectivity index (χ3n) is 7.01. The first-order chi connectivity index (χ1) is 18.0. The van der Waals surface area contributed by atoms with Crippen LogP contribution in [0.15, 0.2) is 48.5 Å². The predicted molar refractivity (Wildman–Crippen MR) is 147 cm³/mol. The highest BCUT2D eigenvalue weighted by molar-refractivity contribution is 7.22. The summed E-state index contributed by atoms with van der Waals surface area (Å²) in [6.07, 6.45) is 4.46. The van der Waals surface area contributed by atoms with Gasteiger partial charge in [0.2, 0.25) is 0 Å². The van der Waals surface area contributed by atoms with Crippen molar-refractivity contribution in [3.8, 4) is 10.4 Å². The number of Topliss-reactive ketones (excluding diaryl/α,β-unsaturated/α-hetero) is 1. The van der Waals surface area contributed by atoms with Gasteiger partial charge in [-0.3, -0.25) is 14.4 Å². The molecule has 2 N–H and O–H groups in total. The van der Waals surface area contributed by atoms with Crippen molar-refractivity contribution < 1.29 is 19.1 Å². The van der Waals surface area contributed by atoms with Crippen molar-refractivity contribution in [1.82, 2.24) is 4.98 Å². The maximum Gasteiger partial charge on any atom is 0.306 e. The number of anilines is 1. The third-order valence-corrected chi connectivity index (χ3v) is 8.17. The molecule has 6 nitrogen and oxygen atoms in total. The Labute approximate surface area is 218 Å². The fourth-order valence-electron chi connectivity index (χ4n) is 5.29. The van der Waals surface area contributed by atoms with E-state index in [1.165, 1.54) is 10.1 Å². The first-order valence-electron chi connectivity index (χ1n) is 12.6. The number of thiophene rings is 1. The van der Waals surface area contributed by atoms with Gasteiger partial charge < -0.3 is 15.0 Å². The minimum absolute atomic E-state index is 0.0882. The molecule has 0 bridgehead atoms. The van der Waals surface area contributed by atoms with E-state index in [0.717, 1.165) is 51.5 Å². The van der Waals surface area contributed by atoms with E-state index in [-0.39, 0.29) is 24.1 Å². The molecule has 0 radical (unpaired) electrons. The van der Waals surface area contributed by atoms with Crippen LogP contribution in [0.1, 0.15) is 59.1 Å². The van der Waals surface area contributed by atoms with Crippen LogP contribution in [-0.2, 0) is 27.2 Å². The van der Waals surface area contributed by atoms with Crippen molar-refractivity contribution >= 4 is 56.4 Å². The molecule has 1 aliphatic carbocycles. The number of carbonyl (C=O) groups is 3. The molecule has 4 aromatic rings. The van der Waals surface area contributed by atoms with Crippen LogP contribution in [0.25, 0.3) is 32.2 Å². The van der Waals surface area contributed by atoms with E-state index in [0.29, 0.717) is 30.6 Å². The van der Waals surface area contributed by atoms with Crippen LogP contribution in [-0.4, -0.2) is 29.3 Å². The number of aromatic nitrogens is 1. The molecule has 0 unspecified atom stereocenters. The van der Waals surface area contributed by atoms with Crippen LogP contribution in [0.5, 0.6) is 0 Å². The smallest absolute Gasteiger partial charge is 0.306 e. The number of hydrogen-bond donors (Lipinski definition) is 2. The number of aryl methyl sites for hydroxylation is 1. The Morgan fingerprint density at radius 1 is 1.11 bits per heavy atom. The van der Waals surface area contributed by atoms with Gasteiger partial charge in [0.15, 0.2) is 5.78 Å². The number of ketones is 1. The van der Waals surface area contributed by atoms with E-state index in [2.05, 4.69) is 28.5 Å². The lowest BCUT2D eigenvalue weighted by molar-refractivity contribution is -0.143. The SMILES string of the molecule is CCOC(=O)CCc1c(/C=C2\C(=O)Nc3cc(-c4cc5ccccc5s4)ccc32)[nH]c2c1C(=O)CCC2. The molecule has 2 aromatic carbocycles. The zero-order chi connectivity index (χ0) is 25.5. The van der Waals surface area contributed by atoms with Crippen molar-refractivity contribution in [3.05, 3.63) is 76.6 Å². The Morgan fingerprint density at radius 3 is 2.81 bits per heavy atom. The van der Waals surface area contributed by atoms with Gasteiger partial charge >= 0.3 is 5.97 Å². The Bertz CT molecular complexity index is 1570. The molecule has 0 saturated carbocycles. The number of ether oxygens (including phenoxy) is 1. The fraction of sp³-hybridized carbons (Fsp3) is 0.233. The van der Waals surface area contributed by atoms with Gasteiger partial charge in [0.1, 0.15) is 0 Å². The number of carbonyl (C=O) groups excluding carboxylic acids is 3. The number of aromatic amines is 1. The lowest BCUT2D eigenvalue weighted by Gasteiger charge is -2.11. The second-order valence-electron chi connectivity index (χ2n) is 9.37. The number of H-pyrrole nitrogens is 1. The number of amides is 1. The van der Waals surface area contributed by atoms with Crippen molar-refractivity contribution in [2.24, 2.45) is 0 Å². The fourth-order valence-corrected chi connectivity index (χ4v) is 6.35. The molecule has 1 aliphatic heterocycles. The Balaban J connectivity index is 1.37. The van der Waals surface area contributed by atoms with Gasteiger partial charge in [-0.15, -0.1) is 11.3 Å². The molecule has 0 atom stereocenters. The molecular weight excluding hydrogens is 484 g/mol. The van der Waals surface area contributed by atoms with Crippen molar-refractivity contribution in [2.45, 2.75) is 39.0 Å². The molecule has 7 heteroatoms. The Morgan fingerprint density at radius 2 is 1.97 bits per heavy atom. The van der Waals surface area contributed by atoms with Crippen LogP contribution in [0, 0.1) is 0 Å². The van der Waals surface area contributed by atoms with Crippen molar-refractivity contribution in [3.63, 3.8) is 0 Å². The summed E-state index contributed by atoms with van der Waals surface area (Å²) >= 11 is 1.73. The summed E-state index contributed by atoms with van der Waals surface area (Å²) in [5.41, 5.74) is 6.28. The molecule has 0 spiro atoms. The number of esters is 1. The lowest BCUT2D eigenvalue weighted by atomic mass is 9.91. The van der Waals surface area contributed by atoms with E-state index < -0.39 is 0 Å². The quantitative estimate of drug-likeness (QED) is 0.232. The minimum Gasteiger partial charge on any atom is -0.466 e. The second kappa shape index (κ2) is 9.48. The average molecular weight is 511 g/mol. The Hall–Kier alpha value is -3.97. The standard InChI is InChI=1S/C30H26N2O4S/c1-2-36-28(34)13-12-20-24(31-22-7-5-8-25(33)29(20)22)16-21-19-11-10-18(14-23(19)32-30(21)35)27-15-17-6-3-4-9-26(17)37-27/h3-4,6,9-11,14-16,31H,2,5,7-8,12-13H2,1H3,(H,32,35)/b21-16-. The number of fused-ring (bicyclic) bond motifs is 3. The summed E-state index contributed by atoms with van der Waals surface area (Å²) in [4.78, 5) is 42.5. The van der Waals surface area contributed by atoms with Crippen LogP contribution < -0.4 is 5.32 Å². The van der Waals surface area contributed by atoms with E-state index in [4.69, 9.17) is 4.74 Å². The van der Waals surface area contributed by atoms with Gasteiger partial charge in [0, 0.05) is 50.6 Å². The molecule has 0 saturated heterocycles. The van der Waals surface area contributed by atoms with Crippen molar-refractivity contribution in [2.75, 3.05) is 11.9 Å². The average Bonchev–Trinajstić information content (AvgIpc) is 3.56. The lowest BCUT2D eigenvalue weighted by Crippen LogP contribution is -2.12. The predicted octanol–water partition coefficient (Wildman–Crippen LogP) is 6.40. The third kappa shape index (κ3) is 4.29. The highest BCUT2D eigenvalue weighted by Crippen LogP contribution is 2.40. The summed E-state index contributed by atoms with van der Waals surface area (Å²) < 4.78 is 6.33. The highest BCUT2D eigenvalue weighted by atomic mass is 32.1. The summed E-state index contributed by atoms with van der Waals surface area (Å²) in [5, 5.41) is 4.21. The van der Waals surface area contributed by atoms with E-state index in [9.17, 15) is 14.4 Å². The molecule has 0 fully saturated rings. The zero-order valence-corrected chi connectivity index (χ0v) is 21.3. The second-order valence-corrected chi connectivity index (χ2v) is 10.5. The van der Waals surface area contributed by atoms with Gasteiger partial charge in [-0.2, -0.15) is 0 Å². The van der Waals surface area contributed by atoms with Crippen LogP contribution >= 0.6 is 11.3 Å². The Kier molecular flexibility index (Phi) is 6.00. The summed E-state index contributed by atoms with van der Waals surface area (Å²) in [7, 11) is 0. The summed E-state index contributed by atoms with van der Waals surface area (Å²) in [6.45, 7) is 2.10. The molecular formula is C30H26N2O4S. The maximum absolute atomic E-state index is 13.1. The first-order valence-corrected chi connectivity index (χ1v) is 13.4. The number of nitrogens with one attached hydrogen (secondary N) is 2. The maximum atomic E-state index is 13.1. The first kappa shape index (κ1) is 23.4. The number of rotatable bonds is 6. The van der Waals surface area contributed by atoms with Gasteiger partial charge in [0.05, 0.1) is 12.2 Å². The number of benzene rings is 2. The van der Waals surface area contributed by atoms with Crippen LogP contribution in [0.2, 0.25) is 0 Å². The summed E-state index contributed by atoms with van der Waals surface area (Å²) in [5.74, 6) is -0.388. The molecule has 6 rings (SSSR count). The largest absolute Gasteiger partial charge is 0.466 e. The van der Waals surface area contributed by atoms with Gasteiger partial charge in [-0.05, 0) is 67.0 Å². The molecule has 2 aliphatic rings. The number of hydrogen-bond acceptors (Lipinski definition) is 5. The molecule has 37 heavy (non-hydrogen) atoms. The van der Waals surface area contributed by atoms with Crippen molar-refractivity contribution in [1.29, 1.82) is 0 Å². The molecule has 1 amide bonds. The van der Waals surface area contributed by atoms with E-state index in [1.807, 2.05) is 36.4 Å². The molecule has 3 heterocycles. The zero-order valence-electron chi connectivity index (χ0n) is 20.5. The van der Waals surface area contributed by atoms with Gasteiger partial charge in [-0.1, -0.05) is 30.3 Å². The van der Waals surface area contributed by atoms with Gasteiger partial charge in [0.25, 0.3) is 5.91 Å².